The quantitative estimate of drug-likeness (QED) is 0.453. The molecule has 2 N–H and O–H groups in total. The molecule has 0 saturated carbocycles. The van der Waals surface area contributed by atoms with Crippen LogP contribution < -0.4 is 15.4 Å². The predicted octanol–water partition coefficient (Wildman–Crippen LogP) is 5.79. The van der Waals surface area contributed by atoms with E-state index in [1.165, 1.54) is 13.2 Å². The summed E-state index contributed by atoms with van der Waals surface area (Å²) in [6.45, 7) is 1.76. The lowest BCUT2D eigenvalue weighted by molar-refractivity contribution is -0.137. The molecule has 0 aromatic heterocycles. The molecule has 0 aliphatic rings. The number of hydrogen-bond acceptors (Lipinski definition) is 4. The van der Waals surface area contributed by atoms with E-state index in [1.807, 2.05) is 0 Å². The van der Waals surface area contributed by atoms with Gasteiger partial charge in [0, 0.05) is 23.0 Å². The van der Waals surface area contributed by atoms with Gasteiger partial charge in [-0.25, -0.2) is 0 Å². The van der Waals surface area contributed by atoms with Gasteiger partial charge in [-0.2, -0.15) is 18.4 Å². The number of carbonyl (C=O) groups is 1. The molecule has 0 bridgehead atoms. The van der Waals surface area contributed by atoms with Crippen LogP contribution in [0.1, 0.15) is 11.1 Å². The van der Waals surface area contributed by atoms with Gasteiger partial charge in [-0.3, -0.25) is 4.79 Å². The predicted molar refractivity (Wildman–Crippen MR) is 105 cm³/mol. The summed E-state index contributed by atoms with van der Waals surface area (Å²) in [5.74, 6) is -0.526. The fourth-order valence-corrected chi connectivity index (χ4v) is 2.64. The number of aryl methyl sites for hydroxylation is 1. The van der Waals surface area contributed by atoms with Crippen LogP contribution in [0.15, 0.2) is 42.1 Å². The van der Waals surface area contributed by atoms with Crippen LogP contribution in [0.4, 0.5) is 24.5 Å². The fraction of sp³-hybridized carbons (Fsp3) is 0.158. The molecule has 2 rings (SSSR count). The van der Waals surface area contributed by atoms with E-state index < -0.39 is 22.7 Å². The number of nitriles is 1. The lowest BCUT2D eigenvalue weighted by Crippen LogP contribution is -2.15. The number of carbonyl (C=O) groups excluding carboxylic acids is 1. The fourth-order valence-electron chi connectivity index (χ4n) is 2.26. The molecule has 5 nitrogen and oxygen atoms in total. The summed E-state index contributed by atoms with van der Waals surface area (Å²) in [4.78, 5) is 12.3. The van der Waals surface area contributed by atoms with E-state index in [-0.39, 0.29) is 11.3 Å². The first-order chi connectivity index (χ1) is 13.6. The summed E-state index contributed by atoms with van der Waals surface area (Å²) in [6, 6.07) is 7.79. The highest BCUT2D eigenvalue weighted by atomic mass is 35.5. The van der Waals surface area contributed by atoms with Crippen molar-refractivity contribution >= 4 is 40.5 Å². The van der Waals surface area contributed by atoms with E-state index in [2.05, 4.69) is 10.6 Å². The molecule has 0 spiro atoms. The second-order valence-electron chi connectivity index (χ2n) is 5.76. The molecule has 0 saturated heterocycles. The summed E-state index contributed by atoms with van der Waals surface area (Å²) in [7, 11) is 1.42. The highest BCUT2D eigenvalue weighted by Crippen LogP contribution is 2.36. The molecule has 152 valence electrons. The van der Waals surface area contributed by atoms with E-state index in [0.717, 1.165) is 17.8 Å². The first kappa shape index (κ1) is 22.4. The third-order valence-electron chi connectivity index (χ3n) is 3.75. The average molecular weight is 444 g/mol. The van der Waals surface area contributed by atoms with E-state index in [1.54, 1.807) is 25.1 Å². The number of halogens is 5. The number of nitrogens with zero attached hydrogens (tertiary/aromatic N) is 1. The standard InChI is InChI=1S/C19H14Cl2F3N3O2/c1-10-5-16(17(29-2)7-15(10)21)26-9-11(8-25)18(28)27-12-3-4-14(20)13(6-12)19(22,23)24/h3-7,9,26H,1-2H3,(H,27,28)/b11-9-. The van der Waals surface area contributed by atoms with Crippen molar-refractivity contribution in [2.24, 2.45) is 0 Å². The van der Waals surface area contributed by atoms with Crippen molar-refractivity contribution in [3.8, 4) is 11.8 Å². The van der Waals surface area contributed by atoms with Crippen LogP contribution >= 0.6 is 23.2 Å². The van der Waals surface area contributed by atoms with Crippen molar-refractivity contribution in [2.75, 3.05) is 17.7 Å². The molecule has 1 amide bonds. The van der Waals surface area contributed by atoms with Gasteiger partial charge in [0.2, 0.25) is 0 Å². The number of methoxy groups -OCH3 is 1. The molecular formula is C19H14Cl2F3N3O2. The Labute approximate surface area is 174 Å². The topological polar surface area (TPSA) is 74.1 Å². The summed E-state index contributed by atoms with van der Waals surface area (Å²) >= 11 is 11.6. The number of ether oxygens (including phenoxy) is 1. The van der Waals surface area contributed by atoms with Crippen LogP contribution in [0.5, 0.6) is 5.75 Å². The third-order valence-corrected chi connectivity index (χ3v) is 4.48. The molecule has 0 fully saturated rings. The van der Waals surface area contributed by atoms with Crippen molar-refractivity contribution in [1.82, 2.24) is 0 Å². The molecule has 0 radical (unpaired) electrons. The van der Waals surface area contributed by atoms with Gasteiger partial charge in [-0.05, 0) is 36.8 Å². The number of nitrogens with one attached hydrogen (secondary N) is 2. The van der Waals surface area contributed by atoms with Crippen molar-refractivity contribution in [3.63, 3.8) is 0 Å². The van der Waals surface area contributed by atoms with Crippen molar-refractivity contribution < 1.29 is 22.7 Å². The molecule has 29 heavy (non-hydrogen) atoms. The maximum absolute atomic E-state index is 12.9. The number of rotatable bonds is 5. The van der Waals surface area contributed by atoms with Gasteiger partial charge >= 0.3 is 6.18 Å². The smallest absolute Gasteiger partial charge is 0.417 e. The van der Waals surface area contributed by atoms with Gasteiger partial charge in [0.15, 0.2) is 0 Å². The maximum atomic E-state index is 12.9. The van der Waals surface area contributed by atoms with Crippen LogP contribution in [-0.4, -0.2) is 13.0 Å². The van der Waals surface area contributed by atoms with E-state index in [0.29, 0.717) is 22.5 Å². The van der Waals surface area contributed by atoms with Crippen LogP contribution in [0.25, 0.3) is 0 Å². The van der Waals surface area contributed by atoms with Gasteiger partial charge in [-0.15, -0.1) is 0 Å². The Morgan fingerprint density at radius 2 is 1.90 bits per heavy atom. The average Bonchev–Trinajstić information content (AvgIpc) is 2.65. The lowest BCUT2D eigenvalue weighted by Gasteiger charge is -2.12. The molecule has 0 aliphatic heterocycles. The Morgan fingerprint density at radius 3 is 2.48 bits per heavy atom. The van der Waals surface area contributed by atoms with Gasteiger partial charge in [0.1, 0.15) is 17.4 Å². The molecule has 10 heteroatoms. The van der Waals surface area contributed by atoms with Crippen LogP contribution in [0, 0.1) is 18.3 Å². The minimum Gasteiger partial charge on any atom is -0.495 e. The molecule has 0 unspecified atom stereocenters. The minimum absolute atomic E-state index is 0.159. The molecule has 2 aromatic rings. The lowest BCUT2D eigenvalue weighted by atomic mass is 10.1. The largest absolute Gasteiger partial charge is 0.495 e. The first-order valence-corrected chi connectivity index (χ1v) is 8.71. The summed E-state index contributed by atoms with van der Waals surface area (Å²) in [5, 5.41) is 14.2. The first-order valence-electron chi connectivity index (χ1n) is 7.96. The van der Waals surface area contributed by atoms with E-state index >= 15 is 0 Å². The number of amides is 1. The Hall–Kier alpha value is -2.89. The van der Waals surface area contributed by atoms with E-state index in [4.69, 9.17) is 27.9 Å². The Bertz CT molecular complexity index is 1010. The van der Waals surface area contributed by atoms with Gasteiger partial charge in [0.25, 0.3) is 5.91 Å². The number of benzene rings is 2. The highest BCUT2D eigenvalue weighted by molar-refractivity contribution is 6.32. The minimum atomic E-state index is -4.68. The molecule has 0 aliphatic carbocycles. The molecular weight excluding hydrogens is 430 g/mol. The normalized spacial score (nSPS) is 11.6. The highest BCUT2D eigenvalue weighted by Gasteiger charge is 2.33. The van der Waals surface area contributed by atoms with Gasteiger partial charge in [0.05, 0.1) is 23.4 Å². The maximum Gasteiger partial charge on any atom is 0.417 e. The monoisotopic (exact) mass is 443 g/mol. The van der Waals surface area contributed by atoms with E-state index in [9.17, 15) is 23.2 Å². The Balaban J connectivity index is 2.24. The second kappa shape index (κ2) is 9.07. The zero-order valence-electron chi connectivity index (χ0n) is 15.1. The summed E-state index contributed by atoms with van der Waals surface area (Å²) in [6.07, 6.45) is -3.57. The number of anilines is 2. The number of hydrogen-bond donors (Lipinski definition) is 2. The Morgan fingerprint density at radius 1 is 1.21 bits per heavy atom. The third kappa shape index (κ3) is 5.56. The van der Waals surface area contributed by atoms with Crippen molar-refractivity contribution in [1.29, 1.82) is 5.26 Å². The molecule has 2 aromatic carbocycles. The molecule has 0 atom stereocenters. The summed E-state index contributed by atoms with van der Waals surface area (Å²) < 4.78 is 44.0. The SMILES string of the molecule is COc1cc(Cl)c(C)cc1N/C=C(/C#N)C(=O)Nc1ccc(Cl)c(C(F)(F)F)c1. The van der Waals surface area contributed by atoms with Gasteiger partial charge < -0.3 is 15.4 Å². The van der Waals surface area contributed by atoms with Crippen molar-refractivity contribution in [2.45, 2.75) is 13.1 Å². The van der Waals surface area contributed by atoms with Crippen LogP contribution in [0.2, 0.25) is 10.0 Å². The molecule has 0 heterocycles. The van der Waals surface area contributed by atoms with Crippen molar-refractivity contribution in [3.05, 3.63) is 63.3 Å². The Kier molecular flexibility index (Phi) is 7.01. The number of alkyl halides is 3. The van der Waals surface area contributed by atoms with Crippen LogP contribution in [0.3, 0.4) is 0 Å². The zero-order chi connectivity index (χ0) is 21.8. The second-order valence-corrected chi connectivity index (χ2v) is 6.58. The van der Waals surface area contributed by atoms with Gasteiger partial charge in [-0.1, -0.05) is 23.2 Å². The van der Waals surface area contributed by atoms with Crippen LogP contribution in [-0.2, 0) is 11.0 Å². The zero-order valence-corrected chi connectivity index (χ0v) is 16.6. The summed E-state index contributed by atoms with van der Waals surface area (Å²) in [5.41, 5.74) is -0.456.